The molecule has 1 heterocycles. The maximum atomic E-state index is 11.2. The zero-order valence-electron chi connectivity index (χ0n) is 9.42. The second kappa shape index (κ2) is 3.84. The Morgan fingerprint density at radius 2 is 1.94 bits per heavy atom. The van der Waals surface area contributed by atoms with Crippen molar-refractivity contribution < 1.29 is 19.4 Å². The third-order valence-electron chi connectivity index (χ3n) is 3.41. The van der Waals surface area contributed by atoms with Crippen LogP contribution in [-0.4, -0.2) is 60.9 Å². The summed E-state index contributed by atoms with van der Waals surface area (Å²) in [5.74, 6) is 1.15. The molecule has 16 heavy (non-hydrogen) atoms. The highest BCUT2D eigenvalue weighted by Crippen LogP contribution is 2.51. The van der Waals surface area contributed by atoms with E-state index >= 15 is 0 Å². The molecule has 0 aromatic carbocycles. The van der Waals surface area contributed by atoms with Crippen molar-refractivity contribution in [1.82, 2.24) is 9.80 Å². The van der Waals surface area contributed by atoms with Gasteiger partial charge in [-0.15, -0.1) is 0 Å². The molecule has 1 N–H and O–H groups in total. The first-order valence-corrected chi connectivity index (χ1v) is 5.32. The van der Waals surface area contributed by atoms with Gasteiger partial charge in [-0.2, -0.15) is 0 Å². The number of carbonyl (C=O) groups is 2. The van der Waals surface area contributed by atoms with E-state index in [0.717, 1.165) is 0 Å². The quantitative estimate of drug-likeness (QED) is 0.749. The van der Waals surface area contributed by atoms with Crippen molar-refractivity contribution in [2.45, 2.75) is 0 Å². The fourth-order valence-electron chi connectivity index (χ4n) is 2.35. The van der Waals surface area contributed by atoms with Gasteiger partial charge in [0, 0.05) is 33.1 Å². The van der Waals surface area contributed by atoms with Gasteiger partial charge in [0.25, 0.3) is 0 Å². The number of hydrogen-bond donors (Lipinski definition) is 1. The average molecular weight is 228 g/mol. The molecule has 2 amide bonds. The molecule has 6 nitrogen and oxygen atoms in total. The lowest BCUT2D eigenvalue weighted by atomic mass is 10.3. The van der Waals surface area contributed by atoms with Gasteiger partial charge in [0.1, 0.15) is 0 Å². The molecule has 0 aromatic heterocycles. The van der Waals surface area contributed by atoms with Gasteiger partial charge in [-0.25, -0.2) is 9.59 Å². The Hall–Kier alpha value is -1.46. The van der Waals surface area contributed by atoms with Gasteiger partial charge in [-0.05, 0) is 11.8 Å². The van der Waals surface area contributed by atoms with E-state index in [4.69, 9.17) is 9.84 Å². The van der Waals surface area contributed by atoms with E-state index in [9.17, 15) is 9.59 Å². The van der Waals surface area contributed by atoms with E-state index in [1.165, 1.54) is 9.80 Å². The van der Waals surface area contributed by atoms with Crippen LogP contribution >= 0.6 is 0 Å². The number of hydrogen-bond acceptors (Lipinski definition) is 3. The molecule has 2 fully saturated rings. The van der Waals surface area contributed by atoms with E-state index < -0.39 is 6.09 Å². The number of rotatable bonds is 2. The van der Waals surface area contributed by atoms with Crippen molar-refractivity contribution >= 4 is 12.2 Å². The monoisotopic (exact) mass is 228 g/mol. The van der Waals surface area contributed by atoms with Gasteiger partial charge in [0.2, 0.25) is 0 Å². The van der Waals surface area contributed by atoms with Crippen LogP contribution in [0.5, 0.6) is 0 Å². The minimum absolute atomic E-state index is 0.333. The Morgan fingerprint density at radius 3 is 2.38 bits per heavy atom. The number of carboxylic acid groups (broad SMARTS) is 1. The van der Waals surface area contributed by atoms with Crippen molar-refractivity contribution in [3.8, 4) is 0 Å². The fourth-order valence-corrected chi connectivity index (χ4v) is 2.35. The summed E-state index contributed by atoms with van der Waals surface area (Å²) in [5.41, 5.74) is 0. The standard InChI is InChI=1S/C10H16N2O4/c1-11(2)10(15)16-5-8-6-3-12(9(13)14)4-7(6)8/h6-8H,3-5H2,1-2H3,(H,13,14)/t6-,7+,8-. The van der Waals surface area contributed by atoms with Crippen molar-refractivity contribution in [3.63, 3.8) is 0 Å². The maximum absolute atomic E-state index is 11.2. The van der Waals surface area contributed by atoms with Gasteiger partial charge in [-0.1, -0.05) is 0 Å². The van der Waals surface area contributed by atoms with E-state index in [2.05, 4.69) is 0 Å². The molecular formula is C10H16N2O4. The number of nitrogens with zero attached hydrogens (tertiary/aromatic N) is 2. The Bertz CT molecular complexity index is 306. The van der Waals surface area contributed by atoms with Gasteiger partial charge in [-0.3, -0.25) is 0 Å². The van der Waals surface area contributed by atoms with Crippen LogP contribution < -0.4 is 0 Å². The van der Waals surface area contributed by atoms with Crippen LogP contribution in [0.3, 0.4) is 0 Å². The second-order valence-corrected chi connectivity index (χ2v) is 4.65. The molecule has 3 atom stereocenters. The zero-order chi connectivity index (χ0) is 11.9. The topological polar surface area (TPSA) is 70.1 Å². The number of fused-ring (bicyclic) bond motifs is 1. The van der Waals surface area contributed by atoms with Crippen LogP contribution in [0.25, 0.3) is 0 Å². The lowest BCUT2D eigenvalue weighted by molar-refractivity contribution is 0.105. The fraction of sp³-hybridized carbons (Fsp3) is 0.800. The largest absolute Gasteiger partial charge is 0.465 e. The number of likely N-dealkylation sites (tertiary alicyclic amines) is 1. The van der Waals surface area contributed by atoms with Crippen LogP contribution in [0.15, 0.2) is 0 Å². The highest BCUT2D eigenvalue weighted by molar-refractivity contribution is 5.67. The predicted molar refractivity (Wildman–Crippen MR) is 55.1 cm³/mol. The first kappa shape index (κ1) is 11.0. The molecule has 0 bridgehead atoms. The first-order chi connectivity index (χ1) is 7.50. The molecule has 0 unspecified atom stereocenters. The summed E-state index contributed by atoms with van der Waals surface area (Å²) in [5, 5.41) is 8.76. The van der Waals surface area contributed by atoms with Gasteiger partial charge >= 0.3 is 12.2 Å². The Balaban J connectivity index is 1.71. The summed E-state index contributed by atoms with van der Waals surface area (Å²) >= 11 is 0. The normalized spacial score (nSPS) is 30.9. The average Bonchev–Trinajstić information content (AvgIpc) is 2.68. The van der Waals surface area contributed by atoms with Crippen molar-refractivity contribution in [2.75, 3.05) is 33.8 Å². The minimum atomic E-state index is -0.851. The molecule has 1 aliphatic heterocycles. The summed E-state index contributed by atoms with van der Waals surface area (Å²) < 4.78 is 5.08. The Kier molecular flexibility index (Phi) is 2.65. The van der Waals surface area contributed by atoms with Crippen LogP contribution in [0.1, 0.15) is 0 Å². The predicted octanol–water partition coefficient (Wildman–Crippen LogP) is 0.540. The van der Waals surface area contributed by atoms with Crippen molar-refractivity contribution in [3.05, 3.63) is 0 Å². The van der Waals surface area contributed by atoms with Crippen LogP contribution in [-0.2, 0) is 4.74 Å². The highest BCUT2D eigenvalue weighted by Gasteiger charge is 2.57. The number of carbonyl (C=O) groups excluding carboxylic acids is 1. The van der Waals surface area contributed by atoms with Gasteiger partial charge in [0.15, 0.2) is 0 Å². The molecule has 0 aromatic rings. The van der Waals surface area contributed by atoms with Crippen molar-refractivity contribution in [2.24, 2.45) is 17.8 Å². The second-order valence-electron chi connectivity index (χ2n) is 4.65. The Morgan fingerprint density at radius 1 is 1.38 bits per heavy atom. The summed E-state index contributed by atoms with van der Waals surface area (Å²) in [6, 6.07) is 0. The van der Waals surface area contributed by atoms with Gasteiger partial charge < -0.3 is 19.6 Å². The zero-order valence-corrected chi connectivity index (χ0v) is 9.42. The smallest absolute Gasteiger partial charge is 0.409 e. The summed E-state index contributed by atoms with van der Waals surface area (Å²) in [6.07, 6.45) is -1.18. The SMILES string of the molecule is CN(C)C(=O)OC[C@H]1[C@H]2CN(C(=O)O)C[C@@H]12. The van der Waals surface area contributed by atoms with E-state index in [-0.39, 0.29) is 6.09 Å². The number of amides is 2. The van der Waals surface area contributed by atoms with Crippen LogP contribution in [0.2, 0.25) is 0 Å². The molecular weight excluding hydrogens is 212 g/mol. The molecule has 2 aliphatic rings. The highest BCUT2D eigenvalue weighted by atomic mass is 16.6. The van der Waals surface area contributed by atoms with Gasteiger partial charge in [0.05, 0.1) is 6.61 Å². The lowest BCUT2D eigenvalue weighted by Gasteiger charge is -2.16. The molecule has 0 spiro atoms. The third-order valence-corrected chi connectivity index (χ3v) is 3.41. The molecule has 2 rings (SSSR count). The molecule has 1 saturated carbocycles. The number of piperidine rings is 1. The maximum Gasteiger partial charge on any atom is 0.409 e. The molecule has 90 valence electrons. The number of ether oxygens (including phenoxy) is 1. The molecule has 0 radical (unpaired) electrons. The molecule has 1 aliphatic carbocycles. The lowest BCUT2D eigenvalue weighted by Crippen LogP contribution is -2.31. The summed E-state index contributed by atoms with van der Waals surface area (Å²) in [6.45, 7) is 1.59. The minimum Gasteiger partial charge on any atom is -0.465 e. The Labute approximate surface area is 93.8 Å². The third kappa shape index (κ3) is 1.91. The molecule has 6 heteroatoms. The first-order valence-electron chi connectivity index (χ1n) is 5.32. The van der Waals surface area contributed by atoms with E-state index in [1.54, 1.807) is 14.1 Å². The summed E-state index contributed by atoms with van der Waals surface area (Å²) in [7, 11) is 3.28. The van der Waals surface area contributed by atoms with E-state index in [0.29, 0.717) is 37.5 Å². The van der Waals surface area contributed by atoms with Crippen LogP contribution in [0, 0.1) is 17.8 Å². The summed E-state index contributed by atoms with van der Waals surface area (Å²) in [4.78, 5) is 24.7. The van der Waals surface area contributed by atoms with Crippen LogP contribution in [0.4, 0.5) is 9.59 Å². The molecule has 1 saturated heterocycles. The van der Waals surface area contributed by atoms with Crippen molar-refractivity contribution in [1.29, 1.82) is 0 Å². The van der Waals surface area contributed by atoms with E-state index in [1.807, 2.05) is 0 Å².